The van der Waals surface area contributed by atoms with Gasteiger partial charge >= 0.3 is 0 Å². The Morgan fingerprint density at radius 2 is 1.63 bits per heavy atom. The minimum Gasteiger partial charge on any atom is -0.339 e. The predicted molar refractivity (Wildman–Crippen MR) is 119 cm³/mol. The van der Waals surface area contributed by atoms with Crippen LogP contribution in [-0.4, -0.2) is 39.6 Å². The van der Waals surface area contributed by atoms with Gasteiger partial charge in [-0.2, -0.15) is 5.10 Å². The normalized spacial score (nSPS) is 10.6. The average Bonchev–Trinajstić information content (AvgIpc) is 3.18. The van der Waals surface area contributed by atoms with Crippen LogP contribution >= 0.6 is 0 Å². The van der Waals surface area contributed by atoms with E-state index in [1.165, 1.54) is 0 Å². The van der Waals surface area contributed by atoms with Crippen molar-refractivity contribution < 1.29 is 9.59 Å². The number of nitrogens with one attached hydrogen (secondary N) is 1. The maximum absolute atomic E-state index is 12.8. The molecule has 3 aromatic rings. The van der Waals surface area contributed by atoms with E-state index in [2.05, 4.69) is 10.4 Å². The molecular formula is C24H28N4O2. The molecule has 30 heavy (non-hydrogen) atoms. The third-order valence-electron chi connectivity index (χ3n) is 5.14. The molecule has 0 aliphatic rings. The van der Waals surface area contributed by atoms with Crippen LogP contribution in [0.3, 0.4) is 0 Å². The number of benzene rings is 2. The minimum absolute atomic E-state index is 0.00617. The standard InChI is InChI=1S/C24H28N4O2/c1-4-22-21(16-25-28(22)17-18-10-8-7-9-11-18)23(29)26-20-14-12-19(13-15-20)24(30)27(5-2)6-3/h7-16H,4-6,17H2,1-3H3,(H,26,29). The molecule has 0 unspecified atom stereocenters. The van der Waals surface area contributed by atoms with Crippen LogP contribution in [-0.2, 0) is 13.0 Å². The van der Waals surface area contributed by atoms with Crippen LogP contribution in [0.1, 0.15) is 52.7 Å². The fraction of sp³-hybridized carbons (Fsp3) is 0.292. The topological polar surface area (TPSA) is 67.2 Å². The molecule has 2 aromatic carbocycles. The first-order valence-corrected chi connectivity index (χ1v) is 10.4. The van der Waals surface area contributed by atoms with Crippen molar-refractivity contribution in [3.63, 3.8) is 0 Å². The number of carbonyl (C=O) groups excluding carboxylic acids is 2. The molecule has 0 spiro atoms. The summed E-state index contributed by atoms with van der Waals surface area (Å²) >= 11 is 0. The summed E-state index contributed by atoms with van der Waals surface area (Å²) in [6, 6.07) is 17.1. The fourth-order valence-electron chi connectivity index (χ4n) is 3.45. The summed E-state index contributed by atoms with van der Waals surface area (Å²) in [7, 11) is 0. The van der Waals surface area contributed by atoms with E-state index in [1.54, 1.807) is 35.4 Å². The van der Waals surface area contributed by atoms with E-state index in [1.807, 2.05) is 55.8 Å². The van der Waals surface area contributed by atoms with Crippen LogP contribution < -0.4 is 5.32 Å². The molecule has 1 N–H and O–H groups in total. The Kier molecular flexibility index (Phi) is 7.01. The Morgan fingerprint density at radius 3 is 2.23 bits per heavy atom. The molecule has 6 nitrogen and oxygen atoms in total. The molecule has 1 heterocycles. The second kappa shape index (κ2) is 9.87. The van der Waals surface area contributed by atoms with Gasteiger partial charge in [0, 0.05) is 24.3 Å². The molecule has 3 rings (SSSR count). The summed E-state index contributed by atoms with van der Waals surface area (Å²) in [4.78, 5) is 27.0. The van der Waals surface area contributed by atoms with Gasteiger partial charge in [0.2, 0.25) is 0 Å². The number of hydrogen-bond acceptors (Lipinski definition) is 3. The van der Waals surface area contributed by atoms with Gasteiger partial charge in [-0.25, -0.2) is 0 Å². The highest BCUT2D eigenvalue weighted by atomic mass is 16.2. The van der Waals surface area contributed by atoms with Crippen LogP contribution in [0.15, 0.2) is 60.8 Å². The van der Waals surface area contributed by atoms with E-state index in [9.17, 15) is 9.59 Å². The highest BCUT2D eigenvalue weighted by Gasteiger charge is 2.17. The number of carbonyl (C=O) groups is 2. The van der Waals surface area contributed by atoms with Crippen molar-refractivity contribution in [2.24, 2.45) is 0 Å². The fourth-order valence-corrected chi connectivity index (χ4v) is 3.45. The Hall–Kier alpha value is -3.41. The van der Waals surface area contributed by atoms with Crippen molar-refractivity contribution in [3.05, 3.63) is 83.2 Å². The lowest BCUT2D eigenvalue weighted by atomic mass is 10.1. The zero-order valence-corrected chi connectivity index (χ0v) is 17.8. The largest absolute Gasteiger partial charge is 0.339 e. The van der Waals surface area contributed by atoms with E-state index in [0.717, 1.165) is 11.3 Å². The van der Waals surface area contributed by atoms with E-state index in [0.29, 0.717) is 42.9 Å². The van der Waals surface area contributed by atoms with Crippen molar-refractivity contribution in [1.82, 2.24) is 14.7 Å². The lowest BCUT2D eigenvalue weighted by Gasteiger charge is -2.18. The van der Waals surface area contributed by atoms with Gasteiger partial charge in [0.15, 0.2) is 0 Å². The van der Waals surface area contributed by atoms with Gasteiger partial charge in [-0.15, -0.1) is 0 Å². The molecule has 0 saturated heterocycles. The first kappa shape index (κ1) is 21.3. The van der Waals surface area contributed by atoms with E-state index in [4.69, 9.17) is 0 Å². The second-order valence-electron chi connectivity index (χ2n) is 7.01. The van der Waals surface area contributed by atoms with Gasteiger partial charge in [-0.05, 0) is 50.1 Å². The minimum atomic E-state index is -0.200. The molecule has 2 amide bonds. The Balaban J connectivity index is 1.72. The smallest absolute Gasteiger partial charge is 0.259 e. The van der Waals surface area contributed by atoms with Crippen LogP contribution in [0.4, 0.5) is 5.69 Å². The number of anilines is 1. The molecule has 0 radical (unpaired) electrons. The summed E-state index contributed by atoms with van der Waals surface area (Å²) in [6.45, 7) is 7.89. The molecule has 0 aliphatic carbocycles. The number of nitrogens with zero attached hydrogens (tertiary/aromatic N) is 3. The molecule has 156 valence electrons. The first-order valence-electron chi connectivity index (χ1n) is 10.4. The molecular weight excluding hydrogens is 376 g/mol. The van der Waals surface area contributed by atoms with Gasteiger partial charge in [0.1, 0.15) is 0 Å². The summed E-state index contributed by atoms with van der Waals surface area (Å²) in [6.07, 6.45) is 2.32. The molecule has 0 saturated carbocycles. The Labute approximate surface area is 177 Å². The van der Waals surface area contributed by atoms with Gasteiger partial charge in [-0.3, -0.25) is 14.3 Å². The second-order valence-corrected chi connectivity index (χ2v) is 7.01. The maximum Gasteiger partial charge on any atom is 0.259 e. The third-order valence-corrected chi connectivity index (χ3v) is 5.14. The van der Waals surface area contributed by atoms with Gasteiger partial charge < -0.3 is 10.2 Å². The summed E-state index contributed by atoms with van der Waals surface area (Å²) in [5.74, 6) is -0.206. The number of hydrogen-bond donors (Lipinski definition) is 1. The molecule has 0 bridgehead atoms. The van der Waals surface area contributed by atoms with Gasteiger partial charge in [0.05, 0.1) is 24.0 Å². The zero-order valence-electron chi connectivity index (χ0n) is 17.8. The summed E-state index contributed by atoms with van der Waals surface area (Å²) in [5, 5.41) is 7.34. The van der Waals surface area contributed by atoms with Crippen LogP contribution in [0.25, 0.3) is 0 Å². The maximum atomic E-state index is 12.8. The average molecular weight is 405 g/mol. The molecule has 6 heteroatoms. The molecule has 0 atom stereocenters. The van der Waals surface area contributed by atoms with E-state index < -0.39 is 0 Å². The van der Waals surface area contributed by atoms with Crippen molar-refractivity contribution in [2.45, 2.75) is 33.7 Å². The third kappa shape index (κ3) is 4.76. The van der Waals surface area contributed by atoms with Crippen molar-refractivity contribution in [2.75, 3.05) is 18.4 Å². The van der Waals surface area contributed by atoms with Crippen molar-refractivity contribution in [3.8, 4) is 0 Å². The lowest BCUT2D eigenvalue weighted by Crippen LogP contribution is -2.30. The van der Waals surface area contributed by atoms with Crippen LogP contribution in [0.5, 0.6) is 0 Å². The molecule has 0 aliphatic heterocycles. The Morgan fingerprint density at radius 1 is 0.967 bits per heavy atom. The van der Waals surface area contributed by atoms with E-state index >= 15 is 0 Å². The first-order chi connectivity index (χ1) is 14.6. The van der Waals surface area contributed by atoms with Crippen molar-refractivity contribution >= 4 is 17.5 Å². The van der Waals surface area contributed by atoms with E-state index in [-0.39, 0.29) is 11.8 Å². The predicted octanol–water partition coefficient (Wildman–Crippen LogP) is 4.23. The number of amides is 2. The number of aromatic nitrogens is 2. The summed E-state index contributed by atoms with van der Waals surface area (Å²) in [5.41, 5.74) is 3.85. The highest BCUT2D eigenvalue weighted by molar-refractivity contribution is 6.05. The zero-order chi connectivity index (χ0) is 21.5. The highest BCUT2D eigenvalue weighted by Crippen LogP contribution is 2.16. The quantitative estimate of drug-likeness (QED) is 0.611. The monoisotopic (exact) mass is 404 g/mol. The van der Waals surface area contributed by atoms with Gasteiger partial charge in [-0.1, -0.05) is 37.3 Å². The number of rotatable bonds is 8. The lowest BCUT2D eigenvalue weighted by molar-refractivity contribution is 0.0773. The Bertz CT molecular complexity index is 990. The summed E-state index contributed by atoms with van der Waals surface area (Å²) < 4.78 is 1.87. The van der Waals surface area contributed by atoms with Crippen LogP contribution in [0, 0.1) is 0 Å². The SMILES string of the molecule is CCc1c(C(=O)Nc2ccc(C(=O)N(CC)CC)cc2)cnn1Cc1ccccc1. The molecule has 0 fully saturated rings. The van der Waals surface area contributed by atoms with Gasteiger partial charge in [0.25, 0.3) is 11.8 Å². The van der Waals surface area contributed by atoms with Crippen molar-refractivity contribution in [1.29, 1.82) is 0 Å². The molecule has 1 aromatic heterocycles. The van der Waals surface area contributed by atoms with Crippen LogP contribution in [0.2, 0.25) is 0 Å².